The van der Waals surface area contributed by atoms with E-state index in [1.165, 1.54) is 5.22 Å². The van der Waals surface area contributed by atoms with Crippen LogP contribution in [0.5, 0.6) is 0 Å². The summed E-state index contributed by atoms with van der Waals surface area (Å²) in [4.78, 5) is 6.73. The van der Waals surface area contributed by atoms with Crippen molar-refractivity contribution in [3.63, 3.8) is 0 Å². The Morgan fingerprint density at radius 3 is 3.14 bits per heavy atom. The molecular formula is C12H10N2. The van der Waals surface area contributed by atoms with Crippen molar-refractivity contribution in [2.24, 2.45) is 4.99 Å². The van der Waals surface area contributed by atoms with E-state index < -0.39 is 0 Å². The van der Waals surface area contributed by atoms with Crippen LogP contribution in [0.25, 0.3) is 6.20 Å². The standard InChI is InChI=1S/C12H10N2/c1-2-6-11-10(5-1)9-14-8-4-3-7-12(14)13-11/h1-7,9H,8H2. The van der Waals surface area contributed by atoms with E-state index in [1.54, 1.807) is 0 Å². The van der Waals surface area contributed by atoms with Crippen molar-refractivity contribution in [2.75, 3.05) is 6.54 Å². The third-order valence-corrected chi connectivity index (χ3v) is 2.44. The van der Waals surface area contributed by atoms with Gasteiger partial charge < -0.3 is 4.90 Å². The van der Waals surface area contributed by atoms with Crippen LogP contribution in [0.3, 0.4) is 0 Å². The van der Waals surface area contributed by atoms with E-state index in [1.807, 2.05) is 24.3 Å². The van der Waals surface area contributed by atoms with Gasteiger partial charge in [-0.25, -0.2) is 4.99 Å². The summed E-state index contributed by atoms with van der Waals surface area (Å²) in [5.74, 6) is 1.03. The van der Waals surface area contributed by atoms with Crippen LogP contribution in [0.2, 0.25) is 0 Å². The highest BCUT2D eigenvalue weighted by molar-refractivity contribution is 5.35. The Hall–Kier alpha value is -1.83. The minimum atomic E-state index is 0.920. The average Bonchev–Trinajstić information content (AvgIpc) is 2.26. The largest absolute Gasteiger partial charge is 0.329 e. The topological polar surface area (TPSA) is 15.6 Å². The number of hydrogen-bond acceptors (Lipinski definition) is 2. The zero-order valence-corrected chi connectivity index (χ0v) is 7.72. The number of allylic oxidation sites excluding steroid dienone is 2. The van der Waals surface area contributed by atoms with Crippen LogP contribution in [0.4, 0.5) is 0 Å². The second kappa shape index (κ2) is 2.84. The van der Waals surface area contributed by atoms with Crippen LogP contribution >= 0.6 is 0 Å². The maximum atomic E-state index is 4.57. The molecule has 2 aliphatic rings. The summed E-state index contributed by atoms with van der Waals surface area (Å²) in [7, 11) is 0. The lowest BCUT2D eigenvalue weighted by atomic mass is 10.2. The lowest BCUT2D eigenvalue weighted by Crippen LogP contribution is -2.35. The quantitative estimate of drug-likeness (QED) is 0.578. The van der Waals surface area contributed by atoms with Crippen molar-refractivity contribution in [3.05, 3.63) is 58.9 Å². The molecule has 3 rings (SSSR count). The highest BCUT2D eigenvalue weighted by Gasteiger charge is 2.09. The smallest absolute Gasteiger partial charge is 0.133 e. The van der Waals surface area contributed by atoms with Crippen molar-refractivity contribution >= 4 is 6.20 Å². The fourth-order valence-corrected chi connectivity index (χ4v) is 1.73. The summed E-state index contributed by atoms with van der Waals surface area (Å²) < 4.78 is 0. The molecule has 68 valence electrons. The molecule has 0 N–H and O–H groups in total. The number of hydrogen-bond donors (Lipinski definition) is 0. The zero-order chi connectivity index (χ0) is 9.38. The molecule has 0 atom stereocenters. The molecule has 2 heterocycles. The Morgan fingerprint density at radius 1 is 1.21 bits per heavy atom. The molecule has 2 aliphatic heterocycles. The van der Waals surface area contributed by atoms with E-state index >= 15 is 0 Å². The molecular weight excluding hydrogens is 172 g/mol. The third-order valence-electron chi connectivity index (χ3n) is 2.44. The molecule has 1 aromatic carbocycles. The van der Waals surface area contributed by atoms with Gasteiger partial charge in [-0.15, -0.1) is 0 Å². The molecule has 0 amide bonds. The Balaban J connectivity index is 2.29. The van der Waals surface area contributed by atoms with E-state index in [2.05, 4.69) is 34.3 Å². The first-order chi connectivity index (χ1) is 6.93. The van der Waals surface area contributed by atoms with Gasteiger partial charge in [-0.2, -0.15) is 0 Å². The molecule has 0 unspecified atom stereocenters. The van der Waals surface area contributed by atoms with E-state index in [0.717, 1.165) is 17.7 Å². The van der Waals surface area contributed by atoms with Crippen molar-refractivity contribution in [1.82, 2.24) is 4.90 Å². The van der Waals surface area contributed by atoms with E-state index in [4.69, 9.17) is 0 Å². The fourth-order valence-electron chi connectivity index (χ4n) is 1.73. The maximum absolute atomic E-state index is 4.57. The molecule has 0 fully saturated rings. The van der Waals surface area contributed by atoms with Gasteiger partial charge >= 0.3 is 0 Å². The van der Waals surface area contributed by atoms with E-state index in [-0.39, 0.29) is 0 Å². The number of para-hydroxylation sites is 1. The highest BCUT2D eigenvalue weighted by Crippen LogP contribution is 2.11. The van der Waals surface area contributed by atoms with Crippen molar-refractivity contribution in [3.8, 4) is 0 Å². The van der Waals surface area contributed by atoms with Crippen molar-refractivity contribution in [2.45, 2.75) is 0 Å². The molecule has 14 heavy (non-hydrogen) atoms. The molecule has 2 nitrogen and oxygen atoms in total. The molecule has 0 saturated carbocycles. The molecule has 0 aromatic heterocycles. The summed E-state index contributed by atoms with van der Waals surface area (Å²) in [6.45, 7) is 0.920. The van der Waals surface area contributed by atoms with E-state index in [0.29, 0.717) is 0 Å². The Bertz CT molecular complexity index is 538. The third kappa shape index (κ3) is 1.08. The van der Waals surface area contributed by atoms with Gasteiger partial charge in [0.1, 0.15) is 5.82 Å². The highest BCUT2D eigenvalue weighted by atomic mass is 15.2. The number of benzene rings is 1. The van der Waals surface area contributed by atoms with Crippen molar-refractivity contribution < 1.29 is 0 Å². The van der Waals surface area contributed by atoms with Gasteiger partial charge in [-0.3, -0.25) is 0 Å². The van der Waals surface area contributed by atoms with Crippen LogP contribution < -0.4 is 10.6 Å². The Kier molecular flexibility index (Phi) is 1.53. The summed E-state index contributed by atoms with van der Waals surface area (Å²) >= 11 is 0. The number of fused-ring (bicyclic) bond motifs is 2. The summed E-state index contributed by atoms with van der Waals surface area (Å²) in [5, 5.41) is 2.25. The molecule has 0 bridgehead atoms. The summed E-state index contributed by atoms with van der Waals surface area (Å²) in [6.07, 6.45) is 8.37. The van der Waals surface area contributed by atoms with Crippen LogP contribution in [0.15, 0.2) is 53.3 Å². The molecule has 0 spiro atoms. The zero-order valence-electron chi connectivity index (χ0n) is 7.72. The van der Waals surface area contributed by atoms with Gasteiger partial charge in [0.05, 0.1) is 5.36 Å². The first kappa shape index (κ1) is 7.56. The Morgan fingerprint density at radius 2 is 2.14 bits per heavy atom. The second-order valence-electron chi connectivity index (χ2n) is 3.41. The molecule has 0 aliphatic carbocycles. The summed E-state index contributed by atoms with van der Waals surface area (Å²) in [5.41, 5.74) is 0. The fraction of sp³-hybridized carbons (Fsp3) is 0.0833. The van der Waals surface area contributed by atoms with Crippen LogP contribution in [-0.2, 0) is 0 Å². The van der Waals surface area contributed by atoms with Gasteiger partial charge in [-0.1, -0.05) is 30.4 Å². The Labute approximate surface area is 82.2 Å². The van der Waals surface area contributed by atoms with E-state index in [9.17, 15) is 0 Å². The van der Waals surface area contributed by atoms with Gasteiger partial charge in [0, 0.05) is 18.0 Å². The van der Waals surface area contributed by atoms with Crippen LogP contribution in [0, 0.1) is 0 Å². The first-order valence-electron chi connectivity index (χ1n) is 4.72. The predicted octanol–water partition coefficient (Wildman–Crippen LogP) is 0.771. The summed E-state index contributed by atoms with van der Waals surface area (Å²) in [6, 6.07) is 8.20. The minimum absolute atomic E-state index is 0.920. The normalized spacial score (nSPS) is 17.4. The minimum Gasteiger partial charge on any atom is -0.329 e. The SMILES string of the molecule is C1=CCN2C=c3ccccc3=NC2=C1. The number of nitrogens with zero attached hydrogens (tertiary/aromatic N) is 2. The second-order valence-corrected chi connectivity index (χ2v) is 3.41. The monoisotopic (exact) mass is 182 g/mol. The molecule has 0 radical (unpaired) electrons. The molecule has 0 saturated heterocycles. The van der Waals surface area contributed by atoms with Gasteiger partial charge in [0.15, 0.2) is 0 Å². The number of rotatable bonds is 0. The molecule has 1 aromatic rings. The lowest BCUT2D eigenvalue weighted by molar-refractivity contribution is 0.535. The van der Waals surface area contributed by atoms with Crippen LogP contribution in [0.1, 0.15) is 0 Å². The predicted molar refractivity (Wildman–Crippen MR) is 55.6 cm³/mol. The van der Waals surface area contributed by atoms with Crippen molar-refractivity contribution in [1.29, 1.82) is 0 Å². The van der Waals surface area contributed by atoms with Gasteiger partial charge in [-0.05, 0) is 12.1 Å². The maximum Gasteiger partial charge on any atom is 0.133 e. The van der Waals surface area contributed by atoms with Crippen LogP contribution in [-0.4, -0.2) is 11.4 Å². The van der Waals surface area contributed by atoms with Gasteiger partial charge in [0.25, 0.3) is 0 Å². The first-order valence-corrected chi connectivity index (χ1v) is 4.72. The molecule has 2 heteroatoms. The average molecular weight is 182 g/mol. The van der Waals surface area contributed by atoms with Gasteiger partial charge in [0.2, 0.25) is 0 Å². The lowest BCUT2D eigenvalue weighted by Gasteiger charge is -2.23.